The summed E-state index contributed by atoms with van der Waals surface area (Å²) < 4.78 is 64.9. The summed E-state index contributed by atoms with van der Waals surface area (Å²) in [5.41, 5.74) is 3.16. The van der Waals surface area contributed by atoms with Gasteiger partial charge in [-0.15, -0.1) is 0 Å². The van der Waals surface area contributed by atoms with Gasteiger partial charge in [-0.3, -0.25) is 4.79 Å². The Balaban J connectivity index is 1.98. The van der Waals surface area contributed by atoms with Gasteiger partial charge < -0.3 is 19.4 Å². The molecule has 3 rings (SSSR count). The standard InChI is InChI=1S/C19H19NO6S/c1-12-8-9-15(24-2)14(10-12)17-16(21)18(19(20)25-17)26-27(22,23)11-13-6-4-3-5-7-13/h3-10,17H,11,20H2,1-2H3/t17-/m1/s1/i11D2,17D. The second-order valence-electron chi connectivity index (χ2n) is 5.66. The first kappa shape index (κ1) is 15.1. The van der Waals surface area contributed by atoms with Gasteiger partial charge in [-0.05, 0) is 24.6 Å². The number of ketones is 1. The second kappa shape index (κ2) is 7.32. The van der Waals surface area contributed by atoms with Crippen LogP contribution in [0.15, 0.2) is 60.2 Å². The average Bonchev–Trinajstić information content (AvgIpc) is 2.92. The molecule has 1 aliphatic heterocycles. The Bertz CT molecular complexity index is 1130. The highest BCUT2D eigenvalue weighted by atomic mass is 32.2. The van der Waals surface area contributed by atoms with E-state index in [-0.39, 0.29) is 16.9 Å². The summed E-state index contributed by atoms with van der Waals surface area (Å²) in [7, 11) is -3.70. The zero-order valence-corrected chi connectivity index (χ0v) is 15.4. The predicted molar refractivity (Wildman–Crippen MR) is 97.9 cm³/mol. The molecule has 0 spiro atoms. The highest BCUT2D eigenvalue weighted by Gasteiger charge is 2.40. The summed E-state index contributed by atoms with van der Waals surface area (Å²) in [4.78, 5) is 12.9. The lowest BCUT2D eigenvalue weighted by Crippen LogP contribution is -2.16. The number of hydrogen-bond acceptors (Lipinski definition) is 7. The fraction of sp³-hybridized carbons (Fsp3) is 0.211. The van der Waals surface area contributed by atoms with Crippen molar-refractivity contribution in [1.29, 1.82) is 0 Å². The van der Waals surface area contributed by atoms with E-state index in [1.54, 1.807) is 19.1 Å². The van der Waals surface area contributed by atoms with E-state index < -0.39 is 39.3 Å². The molecule has 8 heteroatoms. The molecular weight excluding hydrogens is 370 g/mol. The summed E-state index contributed by atoms with van der Waals surface area (Å²) in [6, 6.07) is 11.7. The molecule has 0 aliphatic carbocycles. The number of Topliss-reactive ketones (excluding diaryl/α,β-unsaturated/α-hetero) is 1. The lowest BCUT2D eigenvalue weighted by atomic mass is 10.0. The molecule has 0 bridgehead atoms. The minimum Gasteiger partial charge on any atom is -0.496 e. The van der Waals surface area contributed by atoms with Crippen molar-refractivity contribution >= 4 is 15.9 Å². The minimum atomic E-state index is -5.04. The second-order valence-corrected chi connectivity index (χ2v) is 6.94. The van der Waals surface area contributed by atoms with E-state index in [9.17, 15) is 13.2 Å². The molecule has 2 aromatic carbocycles. The molecule has 0 unspecified atom stereocenters. The summed E-state index contributed by atoms with van der Waals surface area (Å²) >= 11 is 0. The van der Waals surface area contributed by atoms with Crippen LogP contribution in [0.5, 0.6) is 5.75 Å². The van der Waals surface area contributed by atoms with Crippen molar-refractivity contribution < 1.29 is 31.0 Å². The Morgan fingerprint density at radius 2 is 1.96 bits per heavy atom. The molecule has 1 aliphatic rings. The molecule has 7 nitrogen and oxygen atoms in total. The lowest BCUT2D eigenvalue weighted by Gasteiger charge is -2.14. The number of methoxy groups -OCH3 is 1. The molecule has 142 valence electrons. The van der Waals surface area contributed by atoms with Crippen molar-refractivity contribution in [2.24, 2.45) is 5.73 Å². The van der Waals surface area contributed by atoms with Crippen LogP contribution in [0, 0.1) is 6.92 Å². The quantitative estimate of drug-likeness (QED) is 0.752. The highest BCUT2D eigenvalue weighted by molar-refractivity contribution is 7.86. The van der Waals surface area contributed by atoms with Gasteiger partial charge in [-0.1, -0.05) is 42.0 Å². The van der Waals surface area contributed by atoms with Crippen LogP contribution in [-0.4, -0.2) is 21.3 Å². The number of nitrogens with two attached hydrogens (primary N) is 1. The van der Waals surface area contributed by atoms with Crippen LogP contribution in [-0.2, 0) is 29.5 Å². The summed E-state index contributed by atoms with van der Waals surface area (Å²) in [5.74, 6) is -2.75. The number of ether oxygens (including phenoxy) is 2. The Hall–Kier alpha value is -3.00. The molecule has 0 aromatic heterocycles. The van der Waals surface area contributed by atoms with Crippen LogP contribution in [0.25, 0.3) is 0 Å². The van der Waals surface area contributed by atoms with E-state index in [1.807, 2.05) is 0 Å². The maximum absolute atomic E-state index is 12.9. The van der Waals surface area contributed by atoms with Crippen LogP contribution >= 0.6 is 0 Å². The molecule has 1 atom stereocenters. The molecule has 0 saturated heterocycles. The van der Waals surface area contributed by atoms with E-state index in [0.717, 1.165) is 0 Å². The number of benzene rings is 2. The van der Waals surface area contributed by atoms with Gasteiger partial charge in [-0.25, -0.2) is 0 Å². The van der Waals surface area contributed by atoms with E-state index in [1.165, 1.54) is 43.5 Å². The van der Waals surface area contributed by atoms with E-state index in [4.69, 9.17) is 23.5 Å². The van der Waals surface area contributed by atoms with Crippen molar-refractivity contribution in [2.75, 3.05) is 7.11 Å². The first-order valence-electron chi connectivity index (χ1n) is 9.32. The summed E-state index contributed by atoms with van der Waals surface area (Å²) in [5, 5.41) is 0. The summed E-state index contributed by atoms with van der Waals surface area (Å²) in [6.07, 6.45) is -2.45. The number of hydrogen-bond donors (Lipinski definition) is 1. The monoisotopic (exact) mass is 392 g/mol. The Kier molecular flexibility index (Phi) is 4.09. The van der Waals surface area contributed by atoms with Crippen LogP contribution in [0.2, 0.25) is 0 Å². The van der Waals surface area contributed by atoms with Gasteiger partial charge >= 0.3 is 10.1 Å². The van der Waals surface area contributed by atoms with Crippen LogP contribution in [0.1, 0.15) is 26.9 Å². The molecule has 0 radical (unpaired) electrons. The third-order valence-electron chi connectivity index (χ3n) is 3.66. The lowest BCUT2D eigenvalue weighted by molar-refractivity contribution is -0.123. The number of rotatable bonds is 6. The van der Waals surface area contributed by atoms with Crippen molar-refractivity contribution in [3.63, 3.8) is 0 Å². The molecular formula is C19H19NO6S. The molecule has 1 heterocycles. The number of aryl methyl sites for hydroxylation is 1. The SMILES string of the molecule is [2H]C([2H])(c1ccccc1)S(=O)(=O)OC1=C(N)O[C@]([2H])(c2cc(C)ccc2OC)C1=O. The minimum absolute atomic E-state index is 0.0000162. The van der Waals surface area contributed by atoms with Crippen molar-refractivity contribution in [3.05, 3.63) is 76.9 Å². The van der Waals surface area contributed by atoms with Gasteiger partial charge in [0.2, 0.25) is 17.4 Å². The number of carbonyl (C=O) groups excluding carboxylic acids is 1. The van der Waals surface area contributed by atoms with Gasteiger partial charge in [0.1, 0.15) is 11.5 Å². The van der Waals surface area contributed by atoms with Gasteiger partial charge in [0.15, 0.2) is 6.08 Å². The normalized spacial score (nSPS) is 21.9. The van der Waals surface area contributed by atoms with Gasteiger partial charge in [0, 0.05) is 5.56 Å². The van der Waals surface area contributed by atoms with E-state index in [2.05, 4.69) is 0 Å². The zero-order chi connectivity index (χ0) is 22.3. The fourth-order valence-corrected chi connectivity index (χ4v) is 3.30. The van der Waals surface area contributed by atoms with Crippen LogP contribution < -0.4 is 10.5 Å². The first-order chi connectivity index (χ1) is 13.9. The third kappa shape index (κ3) is 4.06. The smallest absolute Gasteiger partial charge is 0.313 e. The van der Waals surface area contributed by atoms with Crippen molar-refractivity contribution in [2.45, 2.75) is 18.7 Å². The Morgan fingerprint density at radius 1 is 1.26 bits per heavy atom. The number of carbonyl (C=O) groups is 1. The molecule has 0 amide bonds. The Morgan fingerprint density at radius 3 is 2.63 bits per heavy atom. The molecule has 0 saturated carbocycles. The largest absolute Gasteiger partial charge is 0.496 e. The zero-order valence-electron chi connectivity index (χ0n) is 17.6. The van der Waals surface area contributed by atoms with Crippen molar-refractivity contribution in [3.8, 4) is 5.75 Å². The Labute approximate surface area is 161 Å². The van der Waals surface area contributed by atoms with Crippen LogP contribution in [0.4, 0.5) is 0 Å². The highest BCUT2D eigenvalue weighted by Crippen LogP contribution is 2.37. The topological polar surface area (TPSA) is 105 Å². The van der Waals surface area contributed by atoms with Gasteiger partial charge in [-0.2, -0.15) is 8.42 Å². The predicted octanol–water partition coefficient (Wildman–Crippen LogP) is 2.32. The third-order valence-corrected chi connectivity index (χ3v) is 4.53. The molecule has 2 N–H and O–H groups in total. The fourth-order valence-electron chi connectivity index (χ4n) is 2.45. The summed E-state index contributed by atoms with van der Waals surface area (Å²) in [6.45, 7) is 1.72. The van der Waals surface area contributed by atoms with E-state index in [0.29, 0.717) is 5.56 Å². The van der Waals surface area contributed by atoms with Crippen LogP contribution in [0.3, 0.4) is 0 Å². The van der Waals surface area contributed by atoms with Gasteiger partial charge in [0.25, 0.3) is 0 Å². The van der Waals surface area contributed by atoms with E-state index >= 15 is 0 Å². The average molecular weight is 392 g/mol. The van der Waals surface area contributed by atoms with Gasteiger partial charge in [0.05, 0.1) is 11.2 Å². The first-order valence-corrected chi connectivity index (χ1v) is 9.23. The molecule has 2 aromatic rings. The maximum atomic E-state index is 12.9. The maximum Gasteiger partial charge on any atom is 0.313 e. The van der Waals surface area contributed by atoms with Crippen molar-refractivity contribution in [1.82, 2.24) is 0 Å². The molecule has 27 heavy (non-hydrogen) atoms. The molecule has 0 fully saturated rings.